The van der Waals surface area contributed by atoms with Crippen molar-refractivity contribution in [2.75, 3.05) is 19.8 Å². The molecule has 0 spiro atoms. The minimum atomic E-state index is -2.01. The Balaban J connectivity index is 4.83. The molecule has 0 amide bonds. The van der Waals surface area contributed by atoms with E-state index in [4.69, 9.17) is 8.85 Å². The van der Waals surface area contributed by atoms with Gasteiger partial charge in [0, 0.05) is 19.3 Å². The first-order valence-corrected chi connectivity index (χ1v) is 17.9. The molecule has 0 rings (SSSR count). The van der Waals surface area contributed by atoms with E-state index in [1.165, 1.54) is 0 Å². The van der Waals surface area contributed by atoms with Crippen LogP contribution in [0.1, 0.15) is 26.7 Å². The van der Waals surface area contributed by atoms with E-state index in [0.29, 0.717) is 0 Å². The van der Waals surface area contributed by atoms with Crippen molar-refractivity contribution >= 4 is 25.0 Å². The predicted octanol–water partition coefficient (Wildman–Crippen LogP) is 4.88. The second-order valence-electron chi connectivity index (χ2n) is 8.07. The maximum atomic E-state index is 6.18. The van der Waals surface area contributed by atoms with E-state index < -0.39 is 25.0 Å². The molecule has 0 saturated carbocycles. The third kappa shape index (κ3) is 8.66. The van der Waals surface area contributed by atoms with Gasteiger partial charge in [0.05, 0.1) is 0 Å². The van der Waals surface area contributed by atoms with Gasteiger partial charge in [-0.15, -0.1) is 0 Å². The minimum Gasteiger partial charge on any atom is -0.394 e. The van der Waals surface area contributed by atoms with E-state index in [1.54, 1.807) is 0 Å². The average Bonchev–Trinajstić information content (AvgIpc) is 2.31. The summed E-state index contributed by atoms with van der Waals surface area (Å²) in [6.45, 7) is 24.2. The first kappa shape index (κ1) is 21.5. The Bertz CT molecular complexity index is 266. The van der Waals surface area contributed by atoms with Crippen LogP contribution in [-0.4, -0.2) is 49.0 Å². The lowest BCUT2D eigenvalue weighted by Crippen LogP contribution is -2.60. The van der Waals surface area contributed by atoms with Crippen LogP contribution >= 0.6 is 0 Å². The van der Waals surface area contributed by atoms with E-state index in [9.17, 15) is 0 Å². The third-order valence-electron chi connectivity index (χ3n) is 3.63. The van der Waals surface area contributed by atoms with Gasteiger partial charge in [-0.2, -0.15) is 0 Å². The molecular formula is C15H39NO2Si3. The molecule has 0 aliphatic heterocycles. The molecule has 128 valence electrons. The van der Waals surface area contributed by atoms with Crippen molar-refractivity contribution in [3.05, 3.63) is 0 Å². The van der Waals surface area contributed by atoms with Gasteiger partial charge in [0.15, 0.2) is 0 Å². The molecule has 0 aromatic carbocycles. The maximum absolute atomic E-state index is 6.18. The fourth-order valence-corrected chi connectivity index (χ4v) is 15.1. The van der Waals surface area contributed by atoms with Gasteiger partial charge in [0.25, 0.3) is 0 Å². The highest BCUT2D eigenvalue weighted by Gasteiger charge is 2.38. The minimum absolute atomic E-state index is 0.840. The first-order chi connectivity index (χ1) is 9.46. The maximum Gasteiger partial charge on any atom is 0.336 e. The molecule has 0 N–H and O–H groups in total. The molecule has 0 bridgehead atoms. The van der Waals surface area contributed by atoms with Crippen molar-refractivity contribution in [2.45, 2.75) is 78.6 Å². The van der Waals surface area contributed by atoms with Gasteiger partial charge < -0.3 is 13.1 Å². The summed E-state index contributed by atoms with van der Waals surface area (Å²) in [7, 11) is -4.57. The van der Waals surface area contributed by atoms with E-state index in [1.807, 2.05) is 0 Å². The molecule has 0 atom stereocenters. The van der Waals surface area contributed by atoms with Crippen molar-refractivity contribution in [3.63, 3.8) is 0 Å². The van der Waals surface area contributed by atoms with Gasteiger partial charge in [-0.25, -0.2) is 0 Å². The highest BCUT2D eigenvalue weighted by atomic mass is 28.4. The molecule has 21 heavy (non-hydrogen) atoms. The molecule has 0 aliphatic carbocycles. The Morgan fingerprint density at radius 1 is 0.714 bits per heavy atom. The molecule has 0 aromatic rings. The van der Waals surface area contributed by atoms with Gasteiger partial charge in [-0.1, -0.05) is 53.1 Å². The molecule has 0 radical (unpaired) electrons. The van der Waals surface area contributed by atoms with Crippen molar-refractivity contribution in [3.8, 4) is 0 Å². The topological polar surface area (TPSA) is 21.7 Å². The standard InChI is InChI=1S/C15H39NO2Si3/c1-10-13-17-21(9,18-14-11-2)15-12-16(19(3,4)5)20(6,7)8/h10-15H2,1-9H3. The monoisotopic (exact) mass is 349 g/mol. The van der Waals surface area contributed by atoms with Crippen LogP contribution in [0.25, 0.3) is 0 Å². The zero-order chi connectivity index (χ0) is 16.7. The first-order valence-electron chi connectivity index (χ1n) is 8.52. The quantitative estimate of drug-likeness (QED) is 0.496. The van der Waals surface area contributed by atoms with Crippen molar-refractivity contribution < 1.29 is 8.85 Å². The highest BCUT2D eigenvalue weighted by molar-refractivity contribution is 6.89. The second-order valence-corrected chi connectivity index (χ2v) is 21.6. The Morgan fingerprint density at radius 2 is 1.10 bits per heavy atom. The van der Waals surface area contributed by atoms with Crippen LogP contribution < -0.4 is 0 Å². The average molecular weight is 350 g/mol. The van der Waals surface area contributed by atoms with Gasteiger partial charge in [0.2, 0.25) is 0 Å². The Morgan fingerprint density at radius 3 is 1.38 bits per heavy atom. The van der Waals surface area contributed by atoms with E-state index >= 15 is 0 Å². The van der Waals surface area contributed by atoms with Gasteiger partial charge >= 0.3 is 8.56 Å². The van der Waals surface area contributed by atoms with Gasteiger partial charge in [-0.05, 0) is 25.9 Å². The molecule has 6 heteroatoms. The molecule has 0 aliphatic rings. The summed E-state index contributed by atoms with van der Waals surface area (Å²) in [5.41, 5.74) is 0. The highest BCUT2D eigenvalue weighted by Crippen LogP contribution is 2.23. The van der Waals surface area contributed by atoms with E-state index in [-0.39, 0.29) is 0 Å². The fraction of sp³-hybridized carbons (Fsp3) is 1.00. The smallest absolute Gasteiger partial charge is 0.336 e. The van der Waals surface area contributed by atoms with Gasteiger partial charge in [0.1, 0.15) is 16.5 Å². The van der Waals surface area contributed by atoms with Crippen molar-refractivity contribution in [2.24, 2.45) is 0 Å². The second kappa shape index (κ2) is 8.98. The molecule has 0 fully saturated rings. The largest absolute Gasteiger partial charge is 0.394 e. The summed E-state index contributed by atoms with van der Waals surface area (Å²) in [4.78, 5) is 0. The predicted molar refractivity (Wildman–Crippen MR) is 102 cm³/mol. The Labute approximate surface area is 136 Å². The number of nitrogens with zero attached hydrogens (tertiary/aromatic N) is 1. The van der Waals surface area contributed by atoms with Crippen molar-refractivity contribution in [1.82, 2.24) is 4.23 Å². The summed E-state index contributed by atoms with van der Waals surface area (Å²) in [5, 5.41) is 0. The molecule has 0 aromatic heterocycles. The van der Waals surface area contributed by atoms with Crippen molar-refractivity contribution in [1.29, 1.82) is 0 Å². The lowest BCUT2D eigenvalue weighted by molar-refractivity contribution is 0.172. The molecule has 3 nitrogen and oxygen atoms in total. The molecular weight excluding hydrogens is 310 g/mol. The summed E-state index contributed by atoms with van der Waals surface area (Å²) in [6.07, 6.45) is 2.15. The van der Waals surface area contributed by atoms with E-state index in [2.05, 4.69) is 63.9 Å². The van der Waals surface area contributed by atoms with Gasteiger partial charge in [-0.3, -0.25) is 0 Å². The van der Waals surface area contributed by atoms with E-state index in [0.717, 1.165) is 38.6 Å². The Hall–Kier alpha value is 0.531. The normalized spacial score (nSPS) is 14.0. The molecule has 0 heterocycles. The molecule has 0 saturated heterocycles. The summed E-state index contributed by atoms with van der Waals surface area (Å²) >= 11 is 0. The summed E-state index contributed by atoms with van der Waals surface area (Å²) in [6, 6.07) is 1.10. The summed E-state index contributed by atoms with van der Waals surface area (Å²) in [5.74, 6) is 0. The lowest BCUT2D eigenvalue weighted by Gasteiger charge is -2.44. The fourth-order valence-electron chi connectivity index (χ4n) is 2.81. The summed E-state index contributed by atoms with van der Waals surface area (Å²) < 4.78 is 15.2. The SMILES string of the molecule is CCCO[Si](C)(CCN([Si](C)(C)C)[Si](C)(C)C)OCCC. The van der Waals surface area contributed by atoms with Crippen LogP contribution in [0, 0.1) is 0 Å². The lowest BCUT2D eigenvalue weighted by atomic mass is 10.5. The van der Waals surface area contributed by atoms with Crippen LogP contribution in [-0.2, 0) is 8.85 Å². The zero-order valence-electron chi connectivity index (χ0n) is 16.0. The van der Waals surface area contributed by atoms with Crippen LogP contribution in [0.4, 0.5) is 0 Å². The Kier molecular flexibility index (Phi) is 9.21. The third-order valence-corrected chi connectivity index (χ3v) is 14.1. The van der Waals surface area contributed by atoms with Crippen LogP contribution in [0.3, 0.4) is 0 Å². The number of rotatable bonds is 11. The number of hydrogen-bond acceptors (Lipinski definition) is 3. The van der Waals surface area contributed by atoms with Crippen LogP contribution in [0.5, 0.6) is 0 Å². The van der Waals surface area contributed by atoms with Crippen LogP contribution in [0.15, 0.2) is 0 Å². The zero-order valence-corrected chi connectivity index (χ0v) is 19.0. The number of hydrogen-bond donors (Lipinski definition) is 0. The van der Waals surface area contributed by atoms with Crippen LogP contribution in [0.2, 0.25) is 51.9 Å². The molecule has 0 unspecified atom stereocenters.